The smallest absolute Gasteiger partial charge is 0.227 e. The molecule has 1 aromatic heterocycles. The first-order valence-corrected chi connectivity index (χ1v) is 12.2. The molecule has 0 saturated heterocycles. The Labute approximate surface area is 179 Å². The maximum Gasteiger partial charge on any atom is 0.227 e. The van der Waals surface area contributed by atoms with Gasteiger partial charge in [-0.05, 0) is 54.7 Å². The van der Waals surface area contributed by atoms with Gasteiger partial charge in [0, 0.05) is 17.4 Å². The van der Waals surface area contributed by atoms with E-state index in [-0.39, 0.29) is 18.1 Å². The topological polar surface area (TPSA) is 85.4 Å². The molecule has 0 unspecified atom stereocenters. The molecule has 0 fully saturated rings. The van der Waals surface area contributed by atoms with Crippen LogP contribution >= 0.6 is 11.3 Å². The molecule has 1 N–H and O–H groups in total. The second-order valence-corrected chi connectivity index (χ2v) is 10.1. The highest BCUT2D eigenvalue weighted by atomic mass is 32.2. The molecule has 1 heterocycles. The Hall–Kier alpha value is -2.71. The van der Waals surface area contributed by atoms with Crippen molar-refractivity contribution in [3.63, 3.8) is 0 Å². The van der Waals surface area contributed by atoms with Gasteiger partial charge in [-0.3, -0.25) is 4.79 Å². The summed E-state index contributed by atoms with van der Waals surface area (Å²) in [5.74, 6) is 0.0873. The van der Waals surface area contributed by atoms with Gasteiger partial charge in [0.2, 0.25) is 5.91 Å². The number of nitrogens with one attached hydrogen (secondary N) is 1. The molecule has 4 rings (SSSR count). The van der Waals surface area contributed by atoms with E-state index in [1.165, 1.54) is 16.9 Å². The van der Waals surface area contributed by atoms with Crippen LogP contribution in [-0.2, 0) is 27.5 Å². The molecular weight excluding hydrogens is 420 g/mol. The molecule has 0 bridgehead atoms. The number of anilines is 1. The highest BCUT2D eigenvalue weighted by Gasteiger charge is 2.20. The zero-order chi connectivity index (χ0) is 21.1. The lowest BCUT2D eigenvalue weighted by atomic mass is 10.1. The monoisotopic (exact) mass is 442 g/mol. The number of hydrogen-bond acceptors (Lipinski definition) is 6. The Balaban J connectivity index is 1.39. The van der Waals surface area contributed by atoms with Crippen LogP contribution in [0.3, 0.4) is 0 Å². The Morgan fingerprint density at radius 2 is 1.97 bits per heavy atom. The highest BCUT2D eigenvalue weighted by molar-refractivity contribution is 7.91. The van der Waals surface area contributed by atoms with Crippen molar-refractivity contribution < 1.29 is 17.9 Å². The van der Waals surface area contributed by atoms with Crippen LogP contribution in [0, 0.1) is 0 Å². The summed E-state index contributed by atoms with van der Waals surface area (Å²) >= 11 is 1.29. The van der Waals surface area contributed by atoms with E-state index in [9.17, 15) is 13.2 Å². The first-order valence-electron chi connectivity index (χ1n) is 9.69. The fraction of sp³-hybridized carbons (Fsp3) is 0.273. The van der Waals surface area contributed by atoms with E-state index in [4.69, 9.17) is 4.74 Å². The summed E-state index contributed by atoms with van der Waals surface area (Å²) in [6.07, 6.45) is 2.86. The number of fused-ring (bicyclic) bond motifs is 1. The minimum absolute atomic E-state index is 0.122. The largest absolute Gasteiger partial charge is 0.496 e. The van der Waals surface area contributed by atoms with Crippen molar-refractivity contribution >= 4 is 32.2 Å². The summed E-state index contributed by atoms with van der Waals surface area (Å²) < 4.78 is 30.6. The molecule has 2 aromatic carbocycles. The van der Waals surface area contributed by atoms with Crippen molar-refractivity contribution in [3.8, 4) is 17.0 Å². The van der Waals surface area contributed by atoms with Gasteiger partial charge in [0.05, 0.1) is 23.5 Å². The molecule has 1 amide bonds. The van der Waals surface area contributed by atoms with Crippen LogP contribution in [0.15, 0.2) is 52.7 Å². The highest BCUT2D eigenvalue weighted by Crippen LogP contribution is 2.32. The molecule has 0 saturated carbocycles. The molecule has 0 aliphatic heterocycles. The Morgan fingerprint density at radius 1 is 1.17 bits per heavy atom. The van der Waals surface area contributed by atoms with Gasteiger partial charge in [-0.2, -0.15) is 0 Å². The SMILES string of the molecule is COc1ccccc1-c1csc(NC(=O)CCS(=O)(=O)c2ccc3c(c2)CCC3)n1. The first kappa shape index (κ1) is 20.6. The van der Waals surface area contributed by atoms with Crippen molar-refractivity contribution in [2.45, 2.75) is 30.6 Å². The van der Waals surface area contributed by atoms with E-state index in [0.717, 1.165) is 30.4 Å². The Morgan fingerprint density at radius 3 is 2.80 bits per heavy atom. The third-order valence-corrected chi connectivity index (χ3v) is 7.63. The third kappa shape index (κ3) is 4.39. The Kier molecular flexibility index (Phi) is 5.87. The number of aryl methyl sites for hydroxylation is 2. The molecule has 0 radical (unpaired) electrons. The van der Waals surface area contributed by atoms with E-state index in [1.54, 1.807) is 19.2 Å². The molecule has 1 aliphatic carbocycles. The summed E-state index contributed by atoms with van der Waals surface area (Å²) in [7, 11) is -1.92. The number of carbonyl (C=O) groups is 1. The fourth-order valence-corrected chi connectivity index (χ4v) is 5.59. The average molecular weight is 443 g/mol. The number of rotatable bonds is 7. The number of sulfone groups is 1. The zero-order valence-corrected chi connectivity index (χ0v) is 18.2. The number of carbonyl (C=O) groups excluding carboxylic acids is 1. The van der Waals surface area contributed by atoms with Gasteiger partial charge in [0.15, 0.2) is 15.0 Å². The van der Waals surface area contributed by atoms with Crippen LogP contribution in [-0.4, -0.2) is 32.2 Å². The van der Waals surface area contributed by atoms with Gasteiger partial charge in [0.25, 0.3) is 0 Å². The van der Waals surface area contributed by atoms with Crippen molar-refractivity contribution in [1.29, 1.82) is 0 Å². The average Bonchev–Trinajstić information content (AvgIpc) is 3.41. The number of aromatic nitrogens is 1. The van der Waals surface area contributed by atoms with E-state index in [0.29, 0.717) is 21.5 Å². The molecule has 3 aromatic rings. The number of amides is 1. The van der Waals surface area contributed by atoms with E-state index < -0.39 is 9.84 Å². The number of ether oxygens (including phenoxy) is 1. The van der Waals surface area contributed by atoms with Gasteiger partial charge in [-0.15, -0.1) is 11.3 Å². The molecule has 0 spiro atoms. The van der Waals surface area contributed by atoms with Crippen molar-refractivity contribution in [2.24, 2.45) is 0 Å². The Bertz CT molecular complexity index is 1190. The summed E-state index contributed by atoms with van der Waals surface area (Å²) in [5.41, 5.74) is 3.85. The van der Waals surface area contributed by atoms with Gasteiger partial charge in [0.1, 0.15) is 5.75 Å². The van der Waals surface area contributed by atoms with Crippen molar-refractivity contribution in [2.75, 3.05) is 18.2 Å². The molecule has 156 valence electrons. The normalized spacial score (nSPS) is 13.1. The second kappa shape index (κ2) is 8.57. The number of benzene rings is 2. The summed E-state index contributed by atoms with van der Waals surface area (Å²) in [6.45, 7) is 0. The lowest BCUT2D eigenvalue weighted by Crippen LogP contribution is -2.17. The fourth-order valence-electron chi connectivity index (χ4n) is 3.58. The minimum atomic E-state index is -3.51. The van der Waals surface area contributed by atoms with Crippen molar-refractivity contribution in [1.82, 2.24) is 4.98 Å². The lowest BCUT2D eigenvalue weighted by molar-refractivity contribution is -0.115. The zero-order valence-electron chi connectivity index (χ0n) is 16.6. The minimum Gasteiger partial charge on any atom is -0.496 e. The van der Waals surface area contributed by atoms with Crippen molar-refractivity contribution in [3.05, 3.63) is 59.0 Å². The molecule has 30 heavy (non-hydrogen) atoms. The van der Waals surface area contributed by atoms with Crippen LogP contribution in [0.5, 0.6) is 5.75 Å². The summed E-state index contributed by atoms with van der Waals surface area (Å²) in [5, 5.41) is 4.95. The van der Waals surface area contributed by atoms with Crippen LogP contribution in [0.1, 0.15) is 24.0 Å². The van der Waals surface area contributed by atoms with Gasteiger partial charge in [-0.1, -0.05) is 18.2 Å². The second-order valence-electron chi connectivity index (χ2n) is 7.14. The molecule has 6 nitrogen and oxygen atoms in total. The number of thiazole rings is 1. The number of para-hydroxylation sites is 1. The van der Waals surface area contributed by atoms with Crippen LogP contribution in [0.25, 0.3) is 11.3 Å². The van der Waals surface area contributed by atoms with E-state index in [2.05, 4.69) is 10.3 Å². The van der Waals surface area contributed by atoms with Crippen LogP contribution < -0.4 is 10.1 Å². The third-order valence-electron chi connectivity index (χ3n) is 5.16. The summed E-state index contributed by atoms with van der Waals surface area (Å²) in [6, 6.07) is 12.8. The predicted molar refractivity (Wildman–Crippen MR) is 118 cm³/mol. The first-order chi connectivity index (χ1) is 14.5. The summed E-state index contributed by atoms with van der Waals surface area (Å²) in [4.78, 5) is 17.0. The molecule has 8 heteroatoms. The maximum atomic E-state index is 12.6. The van der Waals surface area contributed by atoms with Crippen LogP contribution in [0.4, 0.5) is 5.13 Å². The van der Waals surface area contributed by atoms with Crippen LogP contribution in [0.2, 0.25) is 0 Å². The maximum absolute atomic E-state index is 12.6. The van der Waals surface area contributed by atoms with Gasteiger partial charge in [-0.25, -0.2) is 13.4 Å². The standard InChI is InChI=1S/C22H22N2O4S2/c1-28-20-8-3-2-7-18(20)19-14-29-22(23-19)24-21(25)11-12-30(26,27)17-10-9-15-5-4-6-16(15)13-17/h2-3,7-10,13-14H,4-6,11-12H2,1H3,(H,23,24,25). The molecule has 1 aliphatic rings. The molecule has 0 atom stereocenters. The molecular formula is C22H22N2O4S2. The number of nitrogens with zero attached hydrogens (tertiary/aromatic N) is 1. The van der Waals surface area contributed by atoms with Gasteiger partial charge < -0.3 is 10.1 Å². The quantitative estimate of drug-likeness (QED) is 0.595. The van der Waals surface area contributed by atoms with E-state index in [1.807, 2.05) is 35.7 Å². The number of methoxy groups -OCH3 is 1. The van der Waals surface area contributed by atoms with Gasteiger partial charge >= 0.3 is 0 Å². The van der Waals surface area contributed by atoms with E-state index >= 15 is 0 Å². The lowest BCUT2D eigenvalue weighted by Gasteiger charge is -2.07. The predicted octanol–water partition coefficient (Wildman–Crippen LogP) is 4.11. The number of hydrogen-bond donors (Lipinski definition) is 1.